The number of aliphatic hydroxyl groups is 1. The van der Waals surface area contributed by atoms with Crippen LogP contribution in [-0.2, 0) is 5.60 Å². The lowest BCUT2D eigenvalue weighted by Crippen LogP contribution is -2.44. The van der Waals surface area contributed by atoms with Gasteiger partial charge in [-0.1, -0.05) is 91.0 Å². The standard InChI is InChI=1S/C24H25NO/c26-24(21-14-6-2-7-15-21,22-16-8-3-9-17-22)23(25-18-10-11-19-25)20-12-4-1-5-13-20/h1-9,12-17,23,26H,10-11,18-19H2/t23-/m1/s1. The summed E-state index contributed by atoms with van der Waals surface area (Å²) in [6.45, 7) is 2.03. The molecule has 1 saturated heterocycles. The van der Waals surface area contributed by atoms with E-state index in [1.54, 1.807) is 0 Å². The van der Waals surface area contributed by atoms with Gasteiger partial charge in [0.2, 0.25) is 0 Å². The summed E-state index contributed by atoms with van der Waals surface area (Å²) in [6, 6.07) is 30.5. The Kier molecular flexibility index (Phi) is 4.87. The topological polar surface area (TPSA) is 23.5 Å². The highest BCUT2D eigenvalue weighted by atomic mass is 16.3. The van der Waals surface area contributed by atoms with Crippen LogP contribution >= 0.6 is 0 Å². The predicted molar refractivity (Wildman–Crippen MR) is 106 cm³/mol. The van der Waals surface area contributed by atoms with Gasteiger partial charge in [0, 0.05) is 0 Å². The molecule has 1 aliphatic rings. The fraction of sp³-hybridized carbons (Fsp3) is 0.250. The van der Waals surface area contributed by atoms with E-state index in [-0.39, 0.29) is 6.04 Å². The highest BCUT2D eigenvalue weighted by Gasteiger charge is 2.44. The summed E-state index contributed by atoms with van der Waals surface area (Å²) in [6.07, 6.45) is 2.37. The first-order valence-corrected chi connectivity index (χ1v) is 9.42. The van der Waals surface area contributed by atoms with E-state index in [0.29, 0.717) is 0 Å². The van der Waals surface area contributed by atoms with Crippen molar-refractivity contribution in [2.45, 2.75) is 24.5 Å². The molecule has 3 aromatic rings. The molecule has 0 bridgehead atoms. The minimum Gasteiger partial charge on any atom is -0.378 e. The number of likely N-dealkylation sites (tertiary alicyclic amines) is 1. The van der Waals surface area contributed by atoms with Crippen LogP contribution in [0, 0.1) is 0 Å². The summed E-state index contributed by atoms with van der Waals surface area (Å²) < 4.78 is 0. The van der Waals surface area contributed by atoms with Crippen LogP contribution in [0.4, 0.5) is 0 Å². The molecule has 0 aromatic heterocycles. The molecule has 1 atom stereocenters. The largest absolute Gasteiger partial charge is 0.378 e. The highest BCUT2D eigenvalue weighted by Crippen LogP contribution is 2.45. The molecular weight excluding hydrogens is 318 g/mol. The molecular formula is C24H25NO. The number of hydrogen-bond donors (Lipinski definition) is 1. The molecule has 3 aromatic carbocycles. The van der Waals surface area contributed by atoms with Gasteiger partial charge < -0.3 is 5.11 Å². The summed E-state index contributed by atoms with van der Waals surface area (Å²) in [4.78, 5) is 2.44. The lowest BCUT2D eigenvalue weighted by atomic mass is 9.76. The smallest absolute Gasteiger partial charge is 0.134 e. The van der Waals surface area contributed by atoms with E-state index in [1.807, 2.05) is 66.7 Å². The van der Waals surface area contributed by atoms with Crippen LogP contribution in [0.5, 0.6) is 0 Å². The van der Waals surface area contributed by atoms with Crippen LogP contribution in [0.3, 0.4) is 0 Å². The van der Waals surface area contributed by atoms with E-state index in [2.05, 4.69) is 29.2 Å². The van der Waals surface area contributed by atoms with Crippen LogP contribution in [0.15, 0.2) is 91.0 Å². The fourth-order valence-electron chi connectivity index (χ4n) is 4.22. The minimum atomic E-state index is -1.10. The molecule has 0 amide bonds. The van der Waals surface area contributed by atoms with Crippen molar-refractivity contribution in [3.05, 3.63) is 108 Å². The van der Waals surface area contributed by atoms with Crippen LogP contribution in [0.1, 0.15) is 35.6 Å². The van der Waals surface area contributed by atoms with Crippen LogP contribution in [-0.4, -0.2) is 23.1 Å². The Morgan fingerprint density at radius 2 is 1.08 bits per heavy atom. The van der Waals surface area contributed by atoms with Crippen molar-refractivity contribution < 1.29 is 5.11 Å². The van der Waals surface area contributed by atoms with Crippen LogP contribution in [0.2, 0.25) is 0 Å². The Labute approximate surface area is 155 Å². The summed E-state index contributed by atoms with van der Waals surface area (Å²) >= 11 is 0. The summed E-state index contributed by atoms with van der Waals surface area (Å²) in [7, 11) is 0. The van der Waals surface area contributed by atoms with Gasteiger partial charge in [0.1, 0.15) is 5.60 Å². The van der Waals surface area contributed by atoms with E-state index >= 15 is 0 Å². The third-order valence-corrected chi connectivity index (χ3v) is 5.44. The van der Waals surface area contributed by atoms with Crippen LogP contribution in [0.25, 0.3) is 0 Å². The molecule has 0 spiro atoms. The lowest BCUT2D eigenvalue weighted by Gasteiger charge is -2.42. The van der Waals surface area contributed by atoms with Gasteiger partial charge in [0.05, 0.1) is 6.04 Å². The zero-order chi connectivity index (χ0) is 17.8. The molecule has 132 valence electrons. The zero-order valence-corrected chi connectivity index (χ0v) is 15.0. The SMILES string of the molecule is OC(c1ccccc1)(c1ccccc1)[C@@H](c1ccccc1)N1CCCC1. The third kappa shape index (κ3) is 3.07. The van der Waals surface area contributed by atoms with Gasteiger partial charge in [-0.15, -0.1) is 0 Å². The predicted octanol–water partition coefficient (Wildman–Crippen LogP) is 4.76. The Morgan fingerprint density at radius 3 is 1.54 bits per heavy atom. The number of rotatable bonds is 5. The molecule has 2 nitrogen and oxygen atoms in total. The molecule has 0 saturated carbocycles. The van der Waals surface area contributed by atoms with Crippen molar-refractivity contribution in [1.29, 1.82) is 0 Å². The van der Waals surface area contributed by atoms with E-state index in [0.717, 1.165) is 29.8 Å². The Hall–Kier alpha value is -2.42. The molecule has 4 rings (SSSR count). The highest BCUT2D eigenvalue weighted by molar-refractivity contribution is 5.41. The second-order valence-electron chi connectivity index (χ2n) is 7.05. The first-order chi connectivity index (χ1) is 12.8. The molecule has 2 heteroatoms. The minimum absolute atomic E-state index is 0.115. The van der Waals surface area contributed by atoms with E-state index in [1.165, 1.54) is 12.8 Å². The first kappa shape index (κ1) is 17.0. The molecule has 1 aliphatic heterocycles. The average Bonchev–Trinajstić information content (AvgIpc) is 3.24. The number of hydrogen-bond acceptors (Lipinski definition) is 2. The van der Waals surface area contributed by atoms with Gasteiger partial charge in [-0.2, -0.15) is 0 Å². The maximum atomic E-state index is 12.3. The second-order valence-corrected chi connectivity index (χ2v) is 7.05. The fourth-order valence-corrected chi connectivity index (χ4v) is 4.22. The average molecular weight is 343 g/mol. The Morgan fingerprint density at radius 1 is 0.654 bits per heavy atom. The lowest BCUT2D eigenvalue weighted by molar-refractivity contribution is -0.0147. The number of benzene rings is 3. The molecule has 0 unspecified atom stereocenters. The van der Waals surface area contributed by atoms with Crippen LogP contribution < -0.4 is 0 Å². The zero-order valence-electron chi connectivity index (χ0n) is 15.0. The molecule has 0 radical (unpaired) electrons. The maximum Gasteiger partial charge on any atom is 0.134 e. The van der Waals surface area contributed by atoms with Crippen molar-refractivity contribution >= 4 is 0 Å². The van der Waals surface area contributed by atoms with Crippen molar-refractivity contribution in [3.63, 3.8) is 0 Å². The van der Waals surface area contributed by atoms with E-state index in [4.69, 9.17) is 0 Å². The van der Waals surface area contributed by atoms with Gasteiger partial charge in [-0.3, -0.25) is 4.90 Å². The quantitative estimate of drug-likeness (QED) is 0.722. The van der Waals surface area contributed by atoms with Crippen molar-refractivity contribution in [2.75, 3.05) is 13.1 Å². The molecule has 1 fully saturated rings. The molecule has 1 heterocycles. The molecule has 26 heavy (non-hydrogen) atoms. The second kappa shape index (κ2) is 7.45. The summed E-state index contributed by atoms with van der Waals surface area (Å²) in [5.74, 6) is 0. The van der Waals surface area contributed by atoms with Crippen molar-refractivity contribution in [1.82, 2.24) is 4.90 Å². The number of nitrogens with zero attached hydrogens (tertiary/aromatic N) is 1. The van der Waals surface area contributed by atoms with Crippen molar-refractivity contribution in [2.24, 2.45) is 0 Å². The molecule has 1 N–H and O–H groups in total. The van der Waals surface area contributed by atoms with Gasteiger partial charge in [-0.05, 0) is 42.6 Å². The van der Waals surface area contributed by atoms with E-state index in [9.17, 15) is 5.11 Å². The normalized spacial score (nSPS) is 16.5. The summed E-state index contributed by atoms with van der Waals surface area (Å²) in [5, 5.41) is 12.3. The third-order valence-electron chi connectivity index (χ3n) is 5.44. The van der Waals surface area contributed by atoms with Gasteiger partial charge in [0.25, 0.3) is 0 Å². The van der Waals surface area contributed by atoms with Crippen molar-refractivity contribution in [3.8, 4) is 0 Å². The summed E-state index contributed by atoms with van der Waals surface area (Å²) in [5.41, 5.74) is 1.93. The first-order valence-electron chi connectivity index (χ1n) is 9.42. The van der Waals surface area contributed by atoms with E-state index < -0.39 is 5.60 Å². The van der Waals surface area contributed by atoms with Gasteiger partial charge >= 0.3 is 0 Å². The Bertz CT molecular complexity index is 771. The Balaban J connectivity index is 1.93. The monoisotopic (exact) mass is 343 g/mol. The van der Waals surface area contributed by atoms with Gasteiger partial charge in [-0.25, -0.2) is 0 Å². The molecule has 0 aliphatic carbocycles. The van der Waals surface area contributed by atoms with Gasteiger partial charge in [0.15, 0.2) is 0 Å². The maximum absolute atomic E-state index is 12.3.